The van der Waals surface area contributed by atoms with Gasteiger partial charge in [-0.2, -0.15) is 13.2 Å². The molecule has 3 fully saturated rings. The molecule has 6 nitrogen and oxygen atoms in total. The van der Waals surface area contributed by atoms with Gasteiger partial charge >= 0.3 is 12.1 Å². The number of nitrogens with zero attached hydrogens (tertiary/aromatic N) is 1. The minimum atomic E-state index is -4.45. The predicted molar refractivity (Wildman–Crippen MR) is 193 cm³/mol. The second-order valence-electron chi connectivity index (χ2n) is 14.1. The van der Waals surface area contributed by atoms with Gasteiger partial charge in [0.05, 0.1) is 34.1 Å². The lowest BCUT2D eigenvalue weighted by molar-refractivity contribution is -0.181. The van der Waals surface area contributed by atoms with Crippen molar-refractivity contribution in [2.24, 2.45) is 5.41 Å². The van der Waals surface area contributed by atoms with Crippen LogP contribution in [0.15, 0.2) is 77.3 Å². The van der Waals surface area contributed by atoms with Crippen LogP contribution >= 0.6 is 15.9 Å². The van der Waals surface area contributed by atoms with Gasteiger partial charge in [0.2, 0.25) is 0 Å². The van der Waals surface area contributed by atoms with Gasteiger partial charge in [-0.05, 0) is 83.2 Å². The van der Waals surface area contributed by atoms with Gasteiger partial charge < -0.3 is 14.8 Å². The summed E-state index contributed by atoms with van der Waals surface area (Å²) in [6.45, 7) is 11.3. The standard InChI is InChI=1S/C38H38BrF3N2O4.C2H6/c1-23-31(27-20-26(39)14-15-28(27)43-32(23)24-10-6-5-7-11-24)33(45)44-37-18-16-36(17-19-37,34(46)48-35(2,3)4)22-30(37)47-29-13-9-8-12-25(29)21-38(40,41)42;1-2/h5-15,20,30H,16-19,21-22H2,1-4H3,(H,44,45);1-2H3. The summed E-state index contributed by atoms with van der Waals surface area (Å²) < 4.78 is 53.9. The molecule has 0 aliphatic heterocycles. The van der Waals surface area contributed by atoms with Crippen molar-refractivity contribution in [3.63, 3.8) is 0 Å². The maximum Gasteiger partial charge on any atom is 0.393 e. The van der Waals surface area contributed by atoms with Crippen LogP contribution < -0.4 is 10.1 Å². The lowest BCUT2D eigenvalue weighted by Crippen LogP contribution is -2.67. The first-order valence-electron chi connectivity index (χ1n) is 17.1. The van der Waals surface area contributed by atoms with Crippen molar-refractivity contribution >= 4 is 38.7 Å². The molecular formula is C40H44BrF3N2O4. The van der Waals surface area contributed by atoms with E-state index in [2.05, 4.69) is 21.2 Å². The molecule has 4 aromatic rings. The van der Waals surface area contributed by atoms with Gasteiger partial charge in [0, 0.05) is 27.4 Å². The SMILES string of the molecule is CC.Cc1c(-c2ccccc2)nc2ccc(Br)cc2c1C(=O)NC12CCC(C(=O)OC(C)(C)C)(CC1)CC2Oc1ccccc1CC(F)(F)F. The van der Waals surface area contributed by atoms with Gasteiger partial charge in [-0.3, -0.25) is 9.59 Å². The Morgan fingerprint density at radius 2 is 1.58 bits per heavy atom. The van der Waals surface area contributed by atoms with Crippen LogP contribution in [0.5, 0.6) is 5.75 Å². The van der Waals surface area contributed by atoms with Crippen LogP contribution in [0.4, 0.5) is 13.2 Å². The predicted octanol–water partition coefficient (Wildman–Crippen LogP) is 10.3. The summed E-state index contributed by atoms with van der Waals surface area (Å²) in [4.78, 5) is 33.2. The molecule has 0 radical (unpaired) electrons. The van der Waals surface area contributed by atoms with Crippen molar-refractivity contribution in [1.82, 2.24) is 10.3 Å². The molecule has 266 valence electrons. The van der Waals surface area contributed by atoms with Crippen LogP contribution in [0.1, 0.15) is 88.2 Å². The molecule has 1 amide bonds. The average molecular weight is 754 g/mol. The van der Waals surface area contributed by atoms with E-state index >= 15 is 0 Å². The van der Waals surface area contributed by atoms with Crippen molar-refractivity contribution in [1.29, 1.82) is 0 Å². The van der Waals surface area contributed by atoms with Crippen molar-refractivity contribution in [2.45, 2.75) is 103 Å². The molecule has 1 heterocycles. The average Bonchev–Trinajstić information content (AvgIpc) is 3.06. The summed E-state index contributed by atoms with van der Waals surface area (Å²) >= 11 is 3.54. The Labute approximate surface area is 300 Å². The number of carbonyl (C=O) groups is 2. The van der Waals surface area contributed by atoms with E-state index in [-0.39, 0.29) is 29.6 Å². The van der Waals surface area contributed by atoms with Crippen LogP contribution in [0.2, 0.25) is 0 Å². The van der Waals surface area contributed by atoms with E-state index in [0.717, 1.165) is 10.0 Å². The lowest BCUT2D eigenvalue weighted by Gasteiger charge is -2.56. The van der Waals surface area contributed by atoms with Gasteiger partial charge in [0.1, 0.15) is 17.5 Å². The number of rotatable bonds is 7. The third-order valence-electron chi connectivity index (χ3n) is 9.58. The first kappa shape index (κ1) is 37.3. The molecule has 0 spiro atoms. The van der Waals surface area contributed by atoms with E-state index in [0.29, 0.717) is 53.4 Å². The molecule has 1 aromatic heterocycles. The zero-order valence-electron chi connectivity index (χ0n) is 29.3. The second-order valence-corrected chi connectivity index (χ2v) is 15.0. The number of nitrogens with one attached hydrogen (secondary N) is 1. The second kappa shape index (κ2) is 14.4. The van der Waals surface area contributed by atoms with Crippen molar-refractivity contribution < 1.29 is 32.2 Å². The van der Waals surface area contributed by atoms with Crippen LogP contribution in [-0.4, -0.2) is 40.3 Å². The molecule has 1 atom stereocenters. The Bertz CT molecular complexity index is 1860. The van der Waals surface area contributed by atoms with Crippen LogP contribution in [0, 0.1) is 12.3 Å². The number of halogens is 4. The minimum absolute atomic E-state index is 0.00688. The number of amides is 1. The normalized spacial score (nSPS) is 21.6. The molecule has 7 rings (SSSR count). The topological polar surface area (TPSA) is 77.5 Å². The molecule has 3 aliphatic rings. The molecule has 3 aliphatic carbocycles. The number of hydrogen-bond acceptors (Lipinski definition) is 5. The van der Waals surface area contributed by atoms with E-state index in [9.17, 15) is 22.8 Å². The van der Waals surface area contributed by atoms with Crippen LogP contribution in [-0.2, 0) is 16.0 Å². The summed E-state index contributed by atoms with van der Waals surface area (Å²) in [5, 5.41) is 3.99. The van der Waals surface area contributed by atoms with E-state index in [1.54, 1.807) is 12.1 Å². The first-order chi connectivity index (χ1) is 23.6. The largest absolute Gasteiger partial charge is 0.488 e. The van der Waals surface area contributed by atoms with Gasteiger partial charge in [-0.1, -0.05) is 78.3 Å². The molecule has 50 heavy (non-hydrogen) atoms. The molecule has 3 aromatic carbocycles. The molecule has 10 heteroatoms. The third-order valence-corrected chi connectivity index (χ3v) is 10.1. The summed E-state index contributed by atoms with van der Waals surface area (Å²) in [5.74, 6) is -0.597. The number of hydrogen-bond donors (Lipinski definition) is 1. The number of pyridine rings is 1. The highest BCUT2D eigenvalue weighted by atomic mass is 79.9. The summed E-state index contributed by atoms with van der Waals surface area (Å²) in [5.41, 5.74) is 0.796. The maximum atomic E-state index is 14.6. The van der Waals surface area contributed by atoms with Crippen molar-refractivity contribution in [3.05, 3.63) is 94.0 Å². The molecular weight excluding hydrogens is 709 g/mol. The van der Waals surface area contributed by atoms with Crippen molar-refractivity contribution in [3.8, 4) is 17.0 Å². The maximum absolute atomic E-state index is 14.6. The van der Waals surface area contributed by atoms with E-state index in [1.165, 1.54) is 12.1 Å². The summed E-state index contributed by atoms with van der Waals surface area (Å²) in [6.07, 6.45) is -4.53. The fourth-order valence-corrected chi connectivity index (χ4v) is 7.57. The van der Waals surface area contributed by atoms with E-state index in [1.807, 2.05) is 90.1 Å². The van der Waals surface area contributed by atoms with Gasteiger partial charge in [-0.15, -0.1) is 0 Å². The highest BCUT2D eigenvalue weighted by Crippen LogP contribution is 2.55. The number of aromatic nitrogens is 1. The van der Waals surface area contributed by atoms with Crippen molar-refractivity contribution in [2.75, 3.05) is 0 Å². The lowest BCUT2D eigenvalue weighted by atomic mass is 9.55. The number of carbonyl (C=O) groups excluding carboxylic acids is 2. The summed E-state index contributed by atoms with van der Waals surface area (Å²) in [6, 6.07) is 21.3. The van der Waals surface area contributed by atoms with E-state index < -0.39 is 35.3 Å². The zero-order chi connectivity index (χ0) is 36.5. The Balaban J connectivity index is 0.00000239. The number of alkyl halides is 3. The number of fused-ring (bicyclic) bond motifs is 4. The number of ether oxygens (including phenoxy) is 2. The molecule has 1 N–H and O–H groups in total. The fourth-order valence-electron chi connectivity index (χ4n) is 7.21. The van der Waals surface area contributed by atoms with E-state index in [4.69, 9.17) is 14.5 Å². The number of para-hydroxylation sites is 1. The minimum Gasteiger partial charge on any atom is -0.488 e. The Morgan fingerprint density at radius 1 is 0.940 bits per heavy atom. The molecule has 2 bridgehead atoms. The number of esters is 1. The van der Waals surface area contributed by atoms with Crippen LogP contribution in [0.25, 0.3) is 22.2 Å². The van der Waals surface area contributed by atoms with Gasteiger partial charge in [-0.25, -0.2) is 4.98 Å². The third kappa shape index (κ3) is 7.85. The highest BCUT2D eigenvalue weighted by Gasteiger charge is 2.60. The van der Waals surface area contributed by atoms with Gasteiger partial charge in [0.25, 0.3) is 5.91 Å². The van der Waals surface area contributed by atoms with Crippen LogP contribution in [0.3, 0.4) is 0 Å². The number of benzene rings is 3. The quantitative estimate of drug-likeness (QED) is 0.190. The Kier molecular flexibility index (Phi) is 10.7. The zero-order valence-corrected chi connectivity index (χ0v) is 30.9. The molecule has 0 saturated heterocycles. The Morgan fingerprint density at radius 3 is 2.22 bits per heavy atom. The fraction of sp³-hybridized carbons (Fsp3) is 0.425. The monoisotopic (exact) mass is 752 g/mol. The smallest absolute Gasteiger partial charge is 0.393 e. The first-order valence-corrected chi connectivity index (χ1v) is 17.9. The highest BCUT2D eigenvalue weighted by molar-refractivity contribution is 9.10. The van der Waals surface area contributed by atoms with Gasteiger partial charge in [0.15, 0.2) is 0 Å². The molecule has 1 unspecified atom stereocenters. The Hall–Kier alpha value is -3.92. The summed E-state index contributed by atoms with van der Waals surface area (Å²) in [7, 11) is 0. The molecule has 3 saturated carbocycles.